The van der Waals surface area contributed by atoms with Crippen molar-refractivity contribution in [3.8, 4) is 11.8 Å². The van der Waals surface area contributed by atoms with Gasteiger partial charge >= 0.3 is 0 Å². The fraction of sp³-hybridized carbons (Fsp3) is 0.643. The van der Waals surface area contributed by atoms with Crippen LogP contribution in [0.4, 0.5) is 0 Å². The predicted octanol–water partition coefficient (Wildman–Crippen LogP) is 9.33. The molecule has 1 saturated carbocycles. The van der Waals surface area contributed by atoms with Gasteiger partial charge in [0, 0.05) is 82.4 Å². The van der Waals surface area contributed by atoms with Crippen LogP contribution in [0, 0.1) is 61.0 Å². The molecule has 10 rings (SSSR count). The summed E-state index contributed by atoms with van der Waals surface area (Å²) in [5.41, 5.74) is 7.91. The summed E-state index contributed by atoms with van der Waals surface area (Å²) in [6.07, 6.45) is 10.4. The van der Waals surface area contributed by atoms with E-state index in [2.05, 4.69) is 74.7 Å². The van der Waals surface area contributed by atoms with Gasteiger partial charge in [0.2, 0.25) is 23.2 Å². The third kappa shape index (κ3) is 9.18. The average Bonchev–Trinajstić information content (AvgIpc) is 3.84. The number of amidine groups is 1. The van der Waals surface area contributed by atoms with Crippen LogP contribution in [-0.4, -0.2) is 88.3 Å². The van der Waals surface area contributed by atoms with E-state index in [0.717, 1.165) is 90.9 Å². The number of rotatable bonds is 3. The number of carbonyl (C=O) groups is 2. The first kappa shape index (κ1) is 54.9. The van der Waals surface area contributed by atoms with Crippen LogP contribution in [0.2, 0.25) is 0 Å². The van der Waals surface area contributed by atoms with E-state index in [1.807, 2.05) is 60.7 Å². The van der Waals surface area contributed by atoms with Crippen LogP contribution in [-0.2, 0) is 49.8 Å². The molecule has 0 amide bonds. The summed E-state index contributed by atoms with van der Waals surface area (Å²) in [4.78, 5) is 55.4. The molecule has 73 heavy (non-hydrogen) atoms. The lowest BCUT2D eigenvalue weighted by Gasteiger charge is -2.54. The maximum absolute atomic E-state index is 12.7. The number of ether oxygens (including phenoxy) is 3. The molecule has 3 aromatic rings. The van der Waals surface area contributed by atoms with Gasteiger partial charge in [-0.1, -0.05) is 80.9 Å². The second kappa shape index (κ2) is 20.4. The van der Waals surface area contributed by atoms with Gasteiger partial charge in [0.05, 0.1) is 38.4 Å². The number of methoxy groups -OCH3 is 3. The highest BCUT2D eigenvalue weighted by molar-refractivity contribution is 6.02. The van der Waals surface area contributed by atoms with Crippen molar-refractivity contribution in [2.24, 2.45) is 39.0 Å². The van der Waals surface area contributed by atoms with E-state index in [9.17, 15) is 9.59 Å². The Hall–Kier alpha value is -5.88. The second-order valence-corrected chi connectivity index (χ2v) is 22.9. The molecule has 0 saturated heterocycles. The summed E-state index contributed by atoms with van der Waals surface area (Å²) in [7, 11) is 7.67. The summed E-state index contributed by atoms with van der Waals surface area (Å²) in [6.45, 7) is 39.7. The molecule has 1 fully saturated rings. The smallest absolute Gasteiger partial charge is 0.282 e. The zero-order valence-electron chi connectivity index (χ0n) is 47.2. The molecule has 17 nitrogen and oxygen atoms in total. The first-order chi connectivity index (χ1) is 34.8. The largest absolute Gasteiger partial charge is 0.481 e. The molecule has 0 aromatic carbocycles. The van der Waals surface area contributed by atoms with Crippen LogP contribution in [0.5, 0.6) is 11.8 Å². The summed E-state index contributed by atoms with van der Waals surface area (Å²) >= 11 is 0. The number of Topliss-reactive ketones (excluding diaryl/α,β-unsaturated/α-hetero) is 2. The third-order valence-electron chi connectivity index (χ3n) is 17.4. The van der Waals surface area contributed by atoms with Crippen molar-refractivity contribution in [1.29, 1.82) is 0 Å². The zero-order valence-corrected chi connectivity index (χ0v) is 46.2. The van der Waals surface area contributed by atoms with Crippen LogP contribution in [0.15, 0.2) is 38.8 Å². The lowest BCUT2D eigenvalue weighted by molar-refractivity contribution is -0.140. The van der Waals surface area contributed by atoms with Gasteiger partial charge in [-0.25, -0.2) is 31.9 Å². The number of nitrogens with zero attached hydrogens (tertiary/aromatic N) is 8. The maximum atomic E-state index is 12.7. The van der Waals surface area contributed by atoms with Gasteiger partial charge in [0.25, 0.3) is 6.04 Å². The van der Waals surface area contributed by atoms with E-state index < -0.39 is 22.3 Å². The van der Waals surface area contributed by atoms with E-state index in [0.29, 0.717) is 24.0 Å². The lowest BCUT2D eigenvalue weighted by atomic mass is 9.50. The molecule has 6 aliphatic carbocycles. The van der Waals surface area contributed by atoms with Gasteiger partial charge in [0.1, 0.15) is 23.2 Å². The van der Waals surface area contributed by atoms with Crippen molar-refractivity contribution in [1.82, 2.24) is 35.9 Å². The first-order valence-corrected chi connectivity index (χ1v) is 25.0. The standard InChI is InChI=1S/C18H23N3O2.C18H25N3O2.C18H21N3O2.CH5NO.CH4/c1-10-20-14-12(16(21-10)22-5)6-7-13-17(2,3)15-11(9-19-23-15)8-18(13,14)4;2*1-10-20-14-11(16(21-10)23-6)7-8-13-17(2,3)15(22)12(19-5)9-18(13,14)4;1-2-3;/h9,13H,6-8H2,1-5H3;12-13,16H,7-9H2,1-4,6H3,(H,20,21);9,13H,7-8H2,1-4,6H3;2-3H,1H3;1H4/t13-,18-;12?,13-,16?,18-;13-,18-;;/m000../s1/i;;;;1T. The molecular weight excluding hydrogens is 925 g/mol. The van der Waals surface area contributed by atoms with Crippen molar-refractivity contribution in [2.75, 3.05) is 28.4 Å². The number of aromatic nitrogens is 5. The molecule has 0 spiro atoms. The molecule has 7 aliphatic rings. The number of nitrogens with one attached hydrogen (secondary N) is 2. The number of ketones is 2. The number of hydrogen-bond donors (Lipinski definition) is 3. The second-order valence-electron chi connectivity index (χ2n) is 22.9. The number of aryl methyl sites for hydroxylation is 2. The Labute approximate surface area is 433 Å². The van der Waals surface area contributed by atoms with Crippen molar-refractivity contribution in [2.45, 2.75) is 170 Å². The van der Waals surface area contributed by atoms with Crippen molar-refractivity contribution >= 4 is 17.4 Å². The molecular formula is C56H78N10O7. The fourth-order valence-electron chi connectivity index (χ4n) is 14.4. The van der Waals surface area contributed by atoms with E-state index in [1.54, 1.807) is 26.8 Å². The Morgan fingerprint density at radius 2 is 1.36 bits per heavy atom. The highest BCUT2D eigenvalue weighted by atomic mass is 16.5. The van der Waals surface area contributed by atoms with Gasteiger partial charge in [0.15, 0.2) is 12.0 Å². The van der Waals surface area contributed by atoms with Crippen LogP contribution in [0.3, 0.4) is 0 Å². The van der Waals surface area contributed by atoms with Gasteiger partial charge in [-0.15, -0.1) is 0 Å². The number of hydrogen-bond acceptors (Lipinski definition) is 15. The van der Waals surface area contributed by atoms with Gasteiger partial charge in [-0.3, -0.25) is 4.79 Å². The Kier molecular flexibility index (Phi) is 15.4. The number of aliphatic imine (C=N–C) groups is 1. The maximum Gasteiger partial charge on any atom is 0.282 e. The van der Waals surface area contributed by atoms with Crippen molar-refractivity contribution in [3.05, 3.63) is 97.6 Å². The molecule has 3 N–H and O–H groups in total. The molecule has 0 radical (unpaired) electrons. The Balaban J connectivity index is 0.000000173. The Morgan fingerprint density at radius 1 is 0.808 bits per heavy atom. The van der Waals surface area contributed by atoms with Gasteiger partial charge in [-0.2, -0.15) is 9.97 Å². The summed E-state index contributed by atoms with van der Waals surface area (Å²) in [6, 6.07) is -0.555. The van der Waals surface area contributed by atoms with Crippen molar-refractivity contribution < 1.29 is 34.9 Å². The van der Waals surface area contributed by atoms with Crippen LogP contribution in [0.1, 0.15) is 156 Å². The SMILES string of the molecule is CNO.COc1nc(C)nc2c1CC[C@H]1C(C)(C)c3oncc3C[C@]21C.[3H]C.[C-]#[N+]C1=C[C@]2(C)c3nc(C)nc(OC)c3CC[C@H]2C(C)(C)C1=O.[C-]#[N+]C1C[C@]2(C)C3=C(CC[C@H]2C(C)(C)C1=O)C(OC)N=C(C)N3. The van der Waals surface area contributed by atoms with E-state index >= 15 is 0 Å². The average molecular weight is 1010 g/mol. The van der Waals surface area contributed by atoms with Gasteiger partial charge < -0.3 is 38.9 Å². The number of carbonyl (C=O) groups excluding carboxylic acids is 2. The topological polar surface area (TPSA) is 205 Å². The summed E-state index contributed by atoms with van der Waals surface area (Å²) < 4.78 is 27.9. The Morgan fingerprint density at radius 3 is 1.92 bits per heavy atom. The Bertz CT molecular complexity index is 2840. The zero-order chi connectivity index (χ0) is 55.1. The lowest BCUT2D eigenvalue weighted by Crippen LogP contribution is -2.58. The summed E-state index contributed by atoms with van der Waals surface area (Å²) in [5, 5.41) is 14.8. The molecule has 0 bridgehead atoms. The third-order valence-corrected chi connectivity index (χ3v) is 17.4. The van der Waals surface area contributed by atoms with E-state index in [4.69, 9.17) is 43.4 Å². The predicted molar refractivity (Wildman–Crippen MR) is 278 cm³/mol. The van der Waals surface area contributed by atoms with Crippen molar-refractivity contribution in [3.63, 3.8) is 0 Å². The molecule has 2 unspecified atom stereocenters. The van der Waals surface area contributed by atoms with Crippen LogP contribution in [0.25, 0.3) is 9.69 Å². The highest BCUT2D eigenvalue weighted by Crippen LogP contribution is 2.60. The van der Waals surface area contributed by atoms with E-state index in [-0.39, 0.29) is 51.6 Å². The highest BCUT2D eigenvalue weighted by Gasteiger charge is 2.62. The molecule has 17 heteroatoms. The fourth-order valence-corrected chi connectivity index (χ4v) is 14.4. The molecule has 1 aliphatic heterocycles. The molecule has 8 atom stereocenters. The van der Waals surface area contributed by atoms with Crippen LogP contribution >= 0.6 is 0 Å². The molecule has 3 aromatic heterocycles. The minimum absolute atomic E-state index is 0.0450. The van der Waals surface area contributed by atoms with Gasteiger partial charge in [-0.05, 0) is 83.5 Å². The molecule has 4 heterocycles. The molecule has 394 valence electrons. The summed E-state index contributed by atoms with van der Waals surface area (Å²) in [5.74, 6) is 5.50. The van der Waals surface area contributed by atoms with E-state index in [1.165, 1.54) is 31.2 Å². The number of fused-ring (bicyclic) bond motifs is 9. The monoisotopic (exact) mass is 1000 g/mol. The van der Waals surface area contributed by atoms with Crippen LogP contribution < -0.4 is 20.3 Å². The number of allylic oxidation sites excluding steroid dienone is 3. The quantitative estimate of drug-likeness (QED) is 0.165. The number of hydroxylamine groups is 1. The minimum Gasteiger partial charge on any atom is -0.481 e. The minimum atomic E-state index is -0.576. The first-order valence-electron chi connectivity index (χ1n) is 26.0. The normalized spacial score (nSPS) is 30.2.